The Hall–Kier alpha value is -1.08. The standard InChI is InChI=1S/C12H14ClFN2/c1-2-3-4-5-12(16-15)9-6-7-11(14)10(13)8-9/h1,6-8,12,16H,3-5,15H2. The Morgan fingerprint density at radius 2 is 2.31 bits per heavy atom. The van der Waals surface area contributed by atoms with Crippen LogP contribution in [0.3, 0.4) is 0 Å². The highest BCUT2D eigenvalue weighted by molar-refractivity contribution is 6.30. The summed E-state index contributed by atoms with van der Waals surface area (Å²) in [6.07, 6.45) is 7.52. The van der Waals surface area contributed by atoms with E-state index >= 15 is 0 Å². The maximum absolute atomic E-state index is 13.0. The van der Waals surface area contributed by atoms with Crippen LogP contribution in [0.25, 0.3) is 0 Å². The van der Waals surface area contributed by atoms with E-state index in [-0.39, 0.29) is 11.1 Å². The highest BCUT2D eigenvalue weighted by Crippen LogP contribution is 2.23. The van der Waals surface area contributed by atoms with E-state index in [4.69, 9.17) is 23.9 Å². The van der Waals surface area contributed by atoms with E-state index in [9.17, 15) is 4.39 Å². The molecule has 1 aromatic rings. The van der Waals surface area contributed by atoms with Gasteiger partial charge in [0.1, 0.15) is 5.82 Å². The van der Waals surface area contributed by atoms with Gasteiger partial charge in [0.05, 0.1) is 5.02 Å². The van der Waals surface area contributed by atoms with Gasteiger partial charge in [0.25, 0.3) is 0 Å². The molecule has 0 fully saturated rings. The fraction of sp³-hybridized carbons (Fsp3) is 0.333. The van der Waals surface area contributed by atoms with Gasteiger partial charge >= 0.3 is 0 Å². The number of hydrogen-bond acceptors (Lipinski definition) is 2. The van der Waals surface area contributed by atoms with Gasteiger partial charge in [0.15, 0.2) is 0 Å². The van der Waals surface area contributed by atoms with Gasteiger partial charge in [-0.25, -0.2) is 4.39 Å². The highest BCUT2D eigenvalue weighted by atomic mass is 35.5. The fourth-order valence-corrected chi connectivity index (χ4v) is 1.67. The Morgan fingerprint density at radius 1 is 1.56 bits per heavy atom. The molecule has 0 aromatic heterocycles. The molecule has 0 heterocycles. The summed E-state index contributed by atoms with van der Waals surface area (Å²) in [5.41, 5.74) is 3.54. The Labute approximate surface area is 99.9 Å². The second-order valence-electron chi connectivity index (χ2n) is 3.49. The molecule has 1 unspecified atom stereocenters. The van der Waals surface area contributed by atoms with Crippen LogP contribution in [0.5, 0.6) is 0 Å². The summed E-state index contributed by atoms with van der Waals surface area (Å²) >= 11 is 5.70. The van der Waals surface area contributed by atoms with Crippen LogP contribution in [0.2, 0.25) is 5.02 Å². The zero-order chi connectivity index (χ0) is 12.0. The summed E-state index contributed by atoms with van der Waals surface area (Å²) in [6, 6.07) is 4.54. The first-order valence-corrected chi connectivity index (χ1v) is 5.41. The minimum atomic E-state index is -0.426. The minimum absolute atomic E-state index is 0.0496. The van der Waals surface area contributed by atoms with Gasteiger partial charge in [-0.05, 0) is 30.5 Å². The van der Waals surface area contributed by atoms with Crippen LogP contribution in [0.15, 0.2) is 18.2 Å². The number of rotatable bonds is 5. The topological polar surface area (TPSA) is 38.0 Å². The summed E-state index contributed by atoms with van der Waals surface area (Å²) in [7, 11) is 0. The number of benzene rings is 1. The summed E-state index contributed by atoms with van der Waals surface area (Å²) < 4.78 is 13.0. The lowest BCUT2D eigenvalue weighted by Crippen LogP contribution is -2.28. The van der Waals surface area contributed by atoms with Crippen LogP contribution in [0.4, 0.5) is 4.39 Å². The van der Waals surface area contributed by atoms with E-state index in [1.165, 1.54) is 6.07 Å². The first-order chi connectivity index (χ1) is 7.69. The van der Waals surface area contributed by atoms with E-state index in [1.54, 1.807) is 12.1 Å². The van der Waals surface area contributed by atoms with Gasteiger partial charge in [0, 0.05) is 12.5 Å². The molecule has 86 valence electrons. The second kappa shape index (κ2) is 6.49. The number of halogens is 2. The molecular formula is C12H14ClFN2. The number of hydrogen-bond donors (Lipinski definition) is 2. The smallest absolute Gasteiger partial charge is 0.141 e. The van der Waals surface area contributed by atoms with Crippen molar-refractivity contribution in [2.24, 2.45) is 5.84 Å². The number of unbranched alkanes of at least 4 members (excludes halogenated alkanes) is 1. The monoisotopic (exact) mass is 240 g/mol. The summed E-state index contributed by atoms with van der Waals surface area (Å²) in [6.45, 7) is 0. The van der Waals surface area contributed by atoms with E-state index in [0.717, 1.165) is 18.4 Å². The average molecular weight is 241 g/mol. The Bertz CT molecular complexity index is 387. The molecular weight excluding hydrogens is 227 g/mol. The van der Waals surface area contributed by atoms with Crippen LogP contribution < -0.4 is 11.3 Å². The molecule has 0 spiro atoms. The number of terminal acetylenes is 1. The highest BCUT2D eigenvalue weighted by Gasteiger charge is 2.10. The molecule has 1 rings (SSSR count). The van der Waals surface area contributed by atoms with Crippen molar-refractivity contribution in [2.75, 3.05) is 0 Å². The maximum Gasteiger partial charge on any atom is 0.141 e. The van der Waals surface area contributed by atoms with E-state index in [0.29, 0.717) is 6.42 Å². The number of hydrazine groups is 1. The molecule has 0 aliphatic carbocycles. The molecule has 0 saturated carbocycles. The third kappa shape index (κ3) is 3.49. The first kappa shape index (κ1) is 13.0. The van der Waals surface area contributed by atoms with Crippen LogP contribution in [-0.4, -0.2) is 0 Å². The Morgan fingerprint density at radius 3 is 2.88 bits per heavy atom. The van der Waals surface area contributed by atoms with Gasteiger partial charge in [-0.2, -0.15) is 0 Å². The maximum atomic E-state index is 13.0. The lowest BCUT2D eigenvalue weighted by Gasteiger charge is -2.16. The van der Waals surface area contributed by atoms with Crippen molar-refractivity contribution in [1.82, 2.24) is 5.43 Å². The van der Waals surface area contributed by atoms with Crippen molar-refractivity contribution in [3.05, 3.63) is 34.6 Å². The SMILES string of the molecule is C#CCCCC(NN)c1ccc(F)c(Cl)c1. The van der Waals surface area contributed by atoms with Crippen molar-refractivity contribution in [3.8, 4) is 12.3 Å². The molecule has 0 aliphatic heterocycles. The van der Waals surface area contributed by atoms with Crippen LogP contribution in [-0.2, 0) is 0 Å². The Balaban J connectivity index is 2.71. The molecule has 0 radical (unpaired) electrons. The molecule has 1 aromatic carbocycles. The molecule has 0 saturated heterocycles. The lowest BCUT2D eigenvalue weighted by atomic mass is 10.0. The zero-order valence-corrected chi connectivity index (χ0v) is 9.60. The van der Waals surface area contributed by atoms with E-state index < -0.39 is 5.82 Å². The first-order valence-electron chi connectivity index (χ1n) is 5.03. The molecule has 0 bridgehead atoms. The molecule has 3 N–H and O–H groups in total. The van der Waals surface area contributed by atoms with Crippen molar-refractivity contribution >= 4 is 11.6 Å². The van der Waals surface area contributed by atoms with Gasteiger partial charge in [-0.3, -0.25) is 11.3 Å². The molecule has 16 heavy (non-hydrogen) atoms. The average Bonchev–Trinajstić information content (AvgIpc) is 2.29. The van der Waals surface area contributed by atoms with Crippen LogP contribution >= 0.6 is 11.6 Å². The summed E-state index contributed by atoms with van der Waals surface area (Å²) in [5.74, 6) is 7.58. The number of nitrogens with two attached hydrogens (primary N) is 1. The fourth-order valence-electron chi connectivity index (χ4n) is 1.48. The van der Waals surface area contributed by atoms with Gasteiger partial charge in [0.2, 0.25) is 0 Å². The van der Waals surface area contributed by atoms with Gasteiger partial charge < -0.3 is 0 Å². The van der Waals surface area contributed by atoms with Crippen molar-refractivity contribution < 1.29 is 4.39 Å². The molecule has 0 amide bonds. The molecule has 4 heteroatoms. The minimum Gasteiger partial charge on any atom is -0.271 e. The van der Waals surface area contributed by atoms with Crippen LogP contribution in [0, 0.1) is 18.2 Å². The molecule has 2 nitrogen and oxygen atoms in total. The van der Waals surface area contributed by atoms with Crippen molar-refractivity contribution in [1.29, 1.82) is 0 Å². The van der Waals surface area contributed by atoms with Crippen molar-refractivity contribution in [2.45, 2.75) is 25.3 Å². The van der Waals surface area contributed by atoms with Gasteiger partial charge in [-0.1, -0.05) is 17.7 Å². The van der Waals surface area contributed by atoms with E-state index in [2.05, 4.69) is 11.3 Å². The van der Waals surface area contributed by atoms with E-state index in [1.807, 2.05) is 0 Å². The largest absolute Gasteiger partial charge is 0.271 e. The zero-order valence-electron chi connectivity index (χ0n) is 8.84. The Kier molecular flexibility index (Phi) is 5.27. The molecule has 1 atom stereocenters. The van der Waals surface area contributed by atoms with Gasteiger partial charge in [-0.15, -0.1) is 12.3 Å². The van der Waals surface area contributed by atoms with Crippen molar-refractivity contribution in [3.63, 3.8) is 0 Å². The normalized spacial score (nSPS) is 12.1. The third-order valence-corrected chi connectivity index (χ3v) is 2.65. The quantitative estimate of drug-likeness (QED) is 0.360. The van der Waals surface area contributed by atoms with Crippen LogP contribution in [0.1, 0.15) is 30.9 Å². The molecule has 0 aliphatic rings. The predicted molar refractivity (Wildman–Crippen MR) is 64.2 cm³/mol. The number of nitrogens with one attached hydrogen (secondary N) is 1. The predicted octanol–water partition coefficient (Wildman–Crippen LogP) is 2.79. The summed E-state index contributed by atoms with van der Waals surface area (Å²) in [4.78, 5) is 0. The summed E-state index contributed by atoms with van der Waals surface area (Å²) in [5, 5.41) is 0.106. The lowest BCUT2D eigenvalue weighted by molar-refractivity contribution is 0.501. The third-order valence-electron chi connectivity index (χ3n) is 2.36. The second-order valence-corrected chi connectivity index (χ2v) is 3.90.